The van der Waals surface area contributed by atoms with Crippen LogP contribution < -0.4 is 19.1 Å². The Hall–Kier alpha value is -4.83. The highest BCUT2D eigenvalue weighted by Gasteiger charge is 2.34. The number of hydrogen-bond acceptors (Lipinski definition) is 6. The highest BCUT2D eigenvalue weighted by Crippen LogP contribution is 2.29. The molecule has 0 heterocycles. The molecule has 5 rings (SSSR count). The third-order valence-corrected chi connectivity index (χ3v) is 10.4. The number of methoxy groups -OCH3 is 1. The molecule has 0 saturated heterocycles. The lowest BCUT2D eigenvalue weighted by molar-refractivity contribution is -0.140. The van der Waals surface area contributed by atoms with E-state index in [4.69, 9.17) is 9.47 Å². The number of nitrogens with one attached hydrogen (secondary N) is 1. The fourth-order valence-electron chi connectivity index (χ4n) is 5.89. The van der Waals surface area contributed by atoms with Gasteiger partial charge in [0, 0.05) is 12.6 Å². The minimum absolute atomic E-state index is 0.0539. The highest BCUT2D eigenvalue weighted by atomic mass is 32.2. The quantitative estimate of drug-likeness (QED) is 0.157. The van der Waals surface area contributed by atoms with E-state index in [2.05, 4.69) is 5.32 Å². The molecular formula is C38H43N3O6S. The Kier molecular flexibility index (Phi) is 11.4. The van der Waals surface area contributed by atoms with Crippen LogP contribution in [0.5, 0.6) is 17.2 Å². The Balaban J connectivity index is 1.49. The lowest BCUT2D eigenvalue weighted by atomic mass is 10.1. The van der Waals surface area contributed by atoms with Crippen LogP contribution in [0.2, 0.25) is 0 Å². The minimum atomic E-state index is -4.20. The third kappa shape index (κ3) is 8.55. The lowest BCUT2D eigenvalue weighted by Gasteiger charge is -2.34. The van der Waals surface area contributed by atoms with E-state index in [1.165, 1.54) is 17.0 Å². The summed E-state index contributed by atoms with van der Waals surface area (Å²) in [7, 11) is -2.62. The number of benzene rings is 4. The van der Waals surface area contributed by atoms with Crippen LogP contribution in [0, 0.1) is 6.92 Å². The van der Waals surface area contributed by atoms with Crippen molar-refractivity contribution in [2.24, 2.45) is 0 Å². The summed E-state index contributed by atoms with van der Waals surface area (Å²) >= 11 is 0. The first-order valence-corrected chi connectivity index (χ1v) is 17.8. The van der Waals surface area contributed by atoms with Crippen molar-refractivity contribution in [1.82, 2.24) is 10.2 Å². The summed E-state index contributed by atoms with van der Waals surface area (Å²) in [5, 5.41) is 3.14. The number of aryl methyl sites for hydroxylation is 1. The van der Waals surface area contributed by atoms with Gasteiger partial charge in [-0.25, -0.2) is 8.42 Å². The molecule has 48 heavy (non-hydrogen) atoms. The minimum Gasteiger partial charge on any atom is -0.497 e. The van der Waals surface area contributed by atoms with Crippen molar-refractivity contribution in [2.75, 3.05) is 18.0 Å². The molecular weight excluding hydrogens is 627 g/mol. The zero-order valence-electron chi connectivity index (χ0n) is 27.7. The number of amides is 2. The molecule has 1 atom stereocenters. The van der Waals surface area contributed by atoms with E-state index in [0.717, 1.165) is 41.1 Å². The highest BCUT2D eigenvalue weighted by molar-refractivity contribution is 7.92. The molecule has 1 aliphatic carbocycles. The summed E-state index contributed by atoms with van der Waals surface area (Å²) in [6, 6.07) is 28.9. The summed E-state index contributed by atoms with van der Waals surface area (Å²) in [6.07, 6.45) is 4.27. The first-order valence-electron chi connectivity index (χ1n) is 16.3. The molecule has 4 aromatic carbocycles. The fourth-order valence-corrected chi connectivity index (χ4v) is 7.30. The largest absolute Gasteiger partial charge is 0.497 e. The van der Waals surface area contributed by atoms with Crippen LogP contribution in [0.3, 0.4) is 0 Å². The maximum atomic E-state index is 14.4. The molecule has 9 nitrogen and oxygen atoms in total. The topological polar surface area (TPSA) is 105 Å². The molecule has 2 amide bonds. The maximum absolute atomic E-state index is 14.4. The van der Waals surface area contributed by atoms with Gasteiger partial charge in [-0.1, -0.05) is 67.8 Å². The average molecular weight is 670 g/mol. The van der Waals surface area contributed by atoms with Gasteiger partial charge in [-0.15, -0.1) is 0 Å². The van der Waals surface area contributed by atoms with Crippen LogP contribution in [0.4, 0.5) is 5.69 Å². The van der Waals surface area contributed by atoms with Crippen molar-refractivity contribution >= 4 is 27.5 Å². The van der Waals surface area contributed by atoms with Gasteiger partial charge in [0.2, 0.25) is 11.8 Å². The number of anilines is 1. The van der Waals surface area contributed by atoms with Crippen LogP contribution in [0.25, 0.3) is 0 Å². The average Bonchev–Trinajstić information content (AvgIpc) is 3.61. The van der Waals surface area contributed by atoms with Gasteiger partial charge in [0.25, 0.3) is 10.0 Å². The Morgan fingerprint density at radius 2 is 1.44 bits per heavy atom. The number of carbonyl (C=O) groups is 2. The Morgan fingerprint density at radius 1 is 0.833 bits per heavy atom. The van der Waals surface area contributed by atoms with Gasteiger partial charge in [0.05, 0.1) is 17.7 Å². The van der Waals surface area contributed by atoms with Gasteiger partial charge >= 0.3 is 0 Å². The molecule has 0 spiro atoms. The molecule has 0 radical (unpaired) electrons. The summed E-state index contributed by atoms with van der Waals surface area (Å²) < 4.78 is 40.8. The number of ether oxygens (including phenoxy) is 2. The summed E-state index contributed by atoms with van der Waals surface area (Å²) in [5.74, 6) is 1.08. The summed E-state index contributed by atoms with van der Waals surface area (Å²) in [5.41, 5.74) is 1.98. The second kappa shape index (κ2) is 15.8. The van der Waals surface area contributed by atoms with Gasteiger partial charge in [0.1, 0.15) is 29.8 Å². The van der Waals surface area contributed by atoms with E-state index in [1.807, 2.05) is 56.3 Å². The van der Waals surface area contributed by atoms with Crippen LogP contribution in [-0.4, -0.2) is 50.9 Å². The van der Waals surface area contributed by atoms with Gasteiger partial charge < -0.3 is 19.7 Å². The lowest BCUT2D eigenvalue weighted by Crippen LogP contribution is -2.53. The van der Waals surface area contributed by atoms with Crippen molar-refractivity contribution in [3.63, 3.8) is 0 Å². The van der Waals surface area contributed by atoms with Gasteiger partial charge in [-0.05, 0) is 92.4 Å². The molecule has 0 unspecified atom stereocenters. The molecule has 1 aliphatic rings. The molecule has 1 saturated carbocycles. The fraction of sp³-hybridized carbons (Fsp3) is 0.316. The van der Waals surface area contributed by atoms with Crippen molar-refractivity contribution in [3.8, 4) is 17.2 Å². The SMILES string of the molecule is CC[C@@H](C(=O)NC1CCCC1)N(Cc1ccc(OC)cc1)C(=O)CN(c1ccc(Oc2ccccc2)cc1)S(=O)(=O)c1ccc(C)cc1. The van der Waals surface area contributed by atoms with Gasteiger partial charge in [0.15, 0.2) is 0 Å². The van der Waals surface area contributed by atoms with Gasteiger partial charge in [-0.3, -0.25) is 13.9 Å². The molecule has 0 aliphatic heterocycles. The first kappa shape index (κ1) is 34.5. The van der Waals surface area contributed by atoms with Gasteiger partial charge in [-0.2, -0.15) is 0 Å². The molecule has 0 bridgehead atoms. The van der Waals surface area contributed by atoms with E-state index >= 15 is 0 Å². The van der Waals surface area contributed by atoms with E-state index < -0.39 is 28.5 Å². The first-order chi connectivity index (χ1) is 23.2. The second-order valence-electron chi connectivity index (χ2n) is 12.0. The number of hydrogen-bond donors (Lipinski definition) is 1. The third-order valence-electron chi connectivity index (χ3n) is 8.59. The number of sulfonamides is 1. The van der Waals surface area contributed by atoms with Crippen LogP contribution in [0.15, 0.2) is 108 Å². The number of nitrogens with zero attached hydrogens (tertiary/aromatic N) is 2. The number of carbonyl (C=O) groups excluding carboxylic acids is 2. The Morgan fingerprint density at radius 3 is 2.04 bits per heavy atom. The second-order valence-corrected chi connectivity index (χ2v) is 13.9. The van der Waals surface area contributed by atoms with Crippen molar-refractivity contribution in [2.45, 2.75) is 69.5 Å². The monoisotopic (exact) mass is 669 g/mol. The molecule has 1 fully saturated rings. The van der Waals surface area contributed by atoms with Crippen molar-refractivity contribution < 1.29 is 27.5 Å². The Bertz CT molecular complexity index is 1760. The summed E-state index contributed by atoms with van der Waals surface area (Å²) in [4.78, 5) is 29.7. The Labute approximate surface area is 283 Å². The van der Waals surface area contributed by atoms with Crippen LogP contribution >= 0.6 is 0 Å². The van der Waals surface area contributed by atoms with E-state index in [9.17, 15) is 18.0 Å². The molecule has 1 N–H and O–H groups in total. The number of para-hydroxylation sites is 1. The van der Waals surface area contributed by atoms with Crippen LogP contribution in [-0.2, 0) is 26.2 Å². The molecule has 4 aromatic rings. The van der Waals surface area contributed by atoms with E-state index in [1.54, 1.807) is 55.6 Å². The van der Waals surface area contributed by atoms with Crippen molar-refractivity contribution in [1.29, 1.82) is 0 Å². The standard InChI is InChI=1S/C38H43N3O6S/c1-4-36(38(43)39-30-10-8-9-11-30)40(26-29-16-20-32(46-3)21-17-29)37(42)27-41(48(44,45)35-24-14-28(2)15-25-35)31-18-22-34(23-19-31)47-33-12-6-5-7-13-33/h5-7,12-25,30,36H,4,8-11,26-27H2,1-3H3,(H,39,43)/t36-/m0/s1. The maximum Gasteiger partial charge on any atom is 0.264 e. The summed E-state index contributed by atoms with van der Waals surface area (Å²) in [6.45, 7) is 3.33. The smallest absolute Gasteiger partial charge is 0.264 e. The zero-order chi connectivity index (χ0) is 34.1. The van der Waals surface area contributed by atoms with E-state index in [-0.39, 0.29) is 29.1 Å². The molecule has 0 aromatic heterocycles. The van der Waals surface area contributed by atoms with Crippen LogP contribution in [0.1, 0.15) is 50.2 Å². The van der Waals surface area contributed by atoms with Crippen molar-refractivity contribution in [3.05, 3.63) is 114 Å². The predicted molar refractivity (Wildman–Crippen MR) is 187 cm³/mol. The predicted octanol–water partition coefficient (Wildman–Crippen LogP) is 6.86. The number of rotatable bonds is 14. The molecule has 252 valence electrons. The van der Waals surface area contributed by atoms with E-state index in [0.29, 0.717) is 23.7 Å². The zero-order valence-corrected chi connectivity index (χ0v) is 28.5. The normalized spacial score (nSPS) is 13.8. The molecule has 10 heteroatoms.